The summed E-state index contributed by atoms with van der Waals surface area (Å²) < 4.78 is 5.36. The molecule has 2 rings (SSSR count). The molecule has 0 unspecified atom stereocenters. The molecule has 0 spiro atoms. The number of amides is 1. The van der Waals surface area contributed by atoms with Gasteiger partial charge in [0.1, 0.15) is 11.5 Å². The van der Waals surface area contributed by atoms with Crippen LogP contribution in [0.15, 0.2) is 24.3 Å². The van der Waals surface area contributed by atoms with Gasteiger partial charge in [0.2, 0.25) is 0 Å². The van der Waals surface area contributed by atoms with Gasteiger partial charge >= 0.3 is 0 Å². The van der Waals surface area contributed by atoms with Crippen molar-refractivity contribution in [1.29, 1.82) is 0 Å². The molecular formula is C14H17NO3. The third kappa shape index (κ3) is 4.20. The van der Waals surface area contributed by atoms with Gasteiger partial charge in [-0.1, -0.05) is 12.1 Å². The van der Waals surface area contributed by atoms with Crippen LogP contribution in [0.2, 0.25) is 0 Å². The van der Waals surface area contributed by atoms with E-state index in [-0.39, 0.29) is 18.3 Å². The highest BCUT2D eigenvalue weighted by atomic mass is 16.5. The zero-order valence-corrected chi connectivity index (χ0v) is 10.4. The van der Waals surface area contributed by atoms with E-state index in [0.717, 1.165) is 18.4 Å². The average molecular weight is 247 g/mol. The highest BCUT2D eigenvalue weighted by Gasteiger charge is 2.23. The zero-order valence-electron chi connectivity index (χ0n) is 10.4. The molecule has 0 saturated heterocycles. The Kier molecular flexibility index (Phi) is 3.97. The van der Waals surface area contributed by atoms with Crippen molar-refractivity contribution >= 4 is 11.7 Å². The molecule has 0 radical (unpaired) electrons. The maximum Gasteiger partial charge on any atom is 0.258 e. The lowest BCUT2D eigenvalue weighted by molar-refractivity contribution is -0.123. The molecule has 0 heterocycles. The van der Waals surface area contributed by atoms with E-state index >= 15 is 0 Å². The van der Waals surface area contributed by atoms with Gasteiger partial charge in [0.25, 0.3) is 5.91 Å². The molecule has 1 fully saturated rings. The lowest BCUT2D eigenvalue weighted by Gasteiger charge is -2.07. The van der Waals surface area contributed by atoms with Crippen LogP contribution in [0, 0.1) is 0 Å². The van der Waals surface area contributed by atoms with Crippen molar-refractivity contribution in [3.8, 4) is 5.75 Å². The fourth-order valence-electron chi connectivity index (χ4n) is 1.64. The summed E-state index contributed by atoms with van der Waals surface area (Å²) in [6.45, 7) is 1.61. The molecule has 1 N–H and O–H groups in total. The van der Waals surface area contributed by atoms with Crippen LogP contribution in [-0.4, -0.2) is 24.3 Å². The Hall–Kier alpha value is -1.84. The van der Waals surface area contributed by atoms with Crippen molar-refractivity contribution in [1.82, 2.24) is 5.32 Å². The number of nitrogens with one attached hydrogen (secondary N) is 1. The summed E-state index contributed by atoms with van der Waals surface area (Å²) in [7, 11) is 0. The van der Waals surface area contributed by atoms with Gasteiger partial charge in [0, 0.05) is 12.5 Å². The van der Waals surface area contributed by atoms with Crippen LogP contribution in [0.25, 0.3) is 0 Å². The predicted molar refractivity (Wildman–Crippen MR) is 67.5 cm³/mol. The summed E-state index contributed by atoms with van der Waals surface area (Å²) >= 11 is 0. The van der Waals surface area contributed by atoms with Gasteiger partial charge in [0.05, 0.1) is 0 Å². The number of rotatable bonds is 6. The molecule has 18 heavy (non-hydrogen) atoms. The maximum atomic E-state index is 11.4. The summed E-state index contributed by atoms with van der Waals surface area (Å²) in [5, 5.41) is 2.85. The summed E-state index contributed by atoms with van der Waals surface area (Å²) in [5.41, 5.74) is 0.956. The first kappa shape index (κ1) is 12.6. The molecule has 1 aliphatic carbocycles. The van der Waals surface area contributed by atoms with Gasteiger partial charge in [-0.25, -0.2) is 0 Å². The van der Waals surface area contributed by atoms with Crippen LogP contribution < -0.4 is 10.1 Å². The lowest BCUT2D eigenvalue weighted by Crippen LogP contribution is -2.30. The second kappa shape index (κ2) is 5.67. The molecule has 1 saturated carbocycles. The number of benzene rings is 1. The van der Waals surface area contributed by atoms with Crippen LogP contribution in [-0.2, 0) is 16.0 Å². The van der Waals surface area contributed by atoms with E-state index < -0.39 is 0 Å². The Morgan fingerprint density at radius 3 is 2.50 bits per heavy atom. The summed E-state index contributed by atoms with van der Waals surface area (Å²) in [6, 6.07) is 7.61. The Morgan fingerprint density at radius 2 is 1.94 bits per heavy atom. The quantitative estimate of drug-likeness (QED) is 0.828. The Balaban J connectivity index is 1.78. The summed E-state index contributed by atoms with van der Waals surface area (Å²) in [6.07, 6.45) is 2.58. The van der Waals surface area contributed by atoms with E-state index in [9.17, 15) is 9.59 Å². The molecule has 0 atom stereocenters. The van der Waals surface area contributed by atoms with Crippen LogP contribution in [0.3, 0.4) is 0 Å². The molecule has 1 amide bonds. The first-order chi connectivity index (χ1) is 8.63. The topological polar surface area (TPSA) is 55.4 Å². The van der Waals surface area contributed by atoms with Crippen LogP contribution >= 0.6 is 0 Å². The minimum Gasteiger partial charge on any atom is -0.484 e. The standard InChI is InChI=1S/C14H17NO3/c1-10(16)8-11-2-6-13(7-3-11)18-9-14(17)15-12-4-5-12/h2-3,6-7,12H,4-5,8-9H2,1H3,(H,15,17). The minimum atomic E-state index is -0.0784. The highest BCUT2D eigenvalue weighted by molar-refractivity contribution is 5.78. The molecule has 1 aromatic carbocycles. The van der Waals surface area contributed by atoms with Crippen molar-refractivity contribution in [2.45, 2.75) is 32.2 Å². The minimum absolute atomic E-state index is 0.0442. The van der Waals surface area contributed by atoms with E-state index in [0.29, 0.717) is 18.2 Å². The molecule has 0 bridgehead atoms. The Bertz CT molecular complexity index is 435. The summed E-state index contributed by atoms with van der Waals surface area (Å²) in [5.74, 6) is 0.700. The SMILES string of the molecule is CC(=O)Cc1ccc(OCC(=O)NC2CC2)cc1. The Morgan fingerprint density at radius 1 is 1.28 bits per heavy atom. The third-order valence-electron chi connectivity index (χ3n) is 2.69. The number of carbonyl (C=O) groups is 2. The lowest BCUT2D eigenvalue weighted by atomic mass is 10.1. The van der Waals surface area contributed by atoms with E-state index in [2.05, 4.69) is 5.32 Å². The molecule has 1 aromatic rings. The summed E-state index contributed by atoms with van der Waals surface area (Å²) in [4.78, 5) is 22.3. The Labute approximate surface area is 106 Å². The molecule has 0 aliphatic heterocycles. The molecule has 4 heteroatoms. The van der Waals surface area contributed by atoms with Crippen LogP contribution in [0.5, 0.6) is 5.75 Å². The van der Waals surface area contributed by atoms with Crippen molar-refractivity contribution in [3.63, 3.8) is 0 Å². The van der Waals surface area contributed by atoms with Gasteiger partial charge in [0.15, 0.2) is 6.61 Å². The molecule has 0 aromatic heterocycles. The van der Waals surface area contributed by atoms with Gasteiger partial charge in [-0.3, -0.25) is 9.59 Å². The fraction of sp³-hybridized carbons (Fsp3) is 0.429. The normalized spacial score (nSPS) is 14.1. The van der Waals surface area contributed by atoms with Crippen molar-refractivity contribution in [2.24, 2.45) is 0 Å². The number of hydrogen-bond donors (Lipinski definition) is 1. The monoisotopic (exact) mass is 247 g/mol. The van der Waals surface area contributed by atoms with Crippen LogP contribution in [0.1, 0.15) is 25.3 Å². The van der Waals surface area contributed by atoms with E-state index in [1.54, 1.807) is 19.1 Å². The van der Waals surface area contributed by atoms with Crippen molar-refractivity contribution in [3.05, 3.63) is 29.8 Å². The van der Waals surface area contributed by atoms with Crippen molar-refractivity contribution in [2.75, 3.05) is 6.61 Å². The number of ether oxygens (including phenoxy) is 1. The second-order valence-electron chi connectivity index (χ2n) is 4.65. The number of hydrogen-bond acceptors (Lipinski definition) is 3. The molecular weight excluding hydrogens is 230 g/mol. The maximum absolute atomic E-state index is 11.4. The third-order valence-corrected chi connectivity index (χ3v) is 2.69. The first-order valence-electron chi connectivity index (χ1n) is 6.14. The first-order valence-corrected chi connectivity index (χ1v) is 6.14. The second-order valence-corrected chi connectivity index (χ2v) is 4.65. The average Bonchev–Trinajstić information content (AvgIpc) is 3.11. The largest absolute Gasteiger partial charge is 0.484 e. The van der Waals surface area contributed by atoms with Gasteiger partial charge in [-0.05, 0) is 37.5 Å². The number of ketones is 1. The van der Waals surface area contributed by atoms with E-state index in [4.69, 9.17) is 4.74 Å². The van der Waals surface area contributed by atoms with Crippen LogP contribution in [0.4, 0.5) is 0 Å². The van der Waals surface area contributed by atoms with Gasteiger partial charge in [-0.2, -0.15) is 0 Å². The van der Waals surface area contributed by atoms with Gasteiger partial charge < -0.3 is 10.1 Å². The van der Waals surface area contributed by atoms with E-state index in [1.165, 1.54) is 0 Å². The van der Waals surface area contributed by atoms with E-state index in [1.807, 2.05) is 12.1 Å². The highest BCUT2D eigenvalue weighted by Crippen LogP contribution is 2.18. The number of Topliss-reactive ketones (excluding diaryl/α,β-unsaturated/α-hetero) is 1. The molecule has 1 aliphatic rings. The molecule has 96 valence electrons. The van der Waals surface area contributed by atoms with Crippen molar-refractivity contribution < 1.29 is 14.3 Å². The molecule has 4 nitrogen and oxygen atoms in total. The number of carbonyl (C=O) groups excluding carboxylic acids is 2. The zero-order chi connectivity index (χ0) is 13.0. The fourth-order valence-corrected chi connectivity index (χ4v) is 1.64. The predicted octanol–water partition coefficient (Wildman–Crippen LogP) is 1.48. The smallest absolute Gasteiger partial charge is 0.258 e. The van der Waals surface area contributed by atoms with Gasteiger partial charge in [-0.15, -0.1) is 0 Å².